The van der Waals surface area contributed by atoms with E-state index in [1.165, 1.54) is 0 Å². The Morgan fingerprint density at radius 1 is 0.971 bits per heavy atom. The molecule has 5 rings (SSSR count). The van der Waals surface area contributed by atoms with E-state index in [4.69, 9.17) is 14.7 Å². The largest absolute Gasteiger partial charge is 0.481 e. The third-order valence-corrected chi connectivity index (χ3v) is 5.82. The van der Waals surface area contributed by atoms with Gasteiger partial charge in [0.25, 0.3) is 0 Å². The molecule has 0 saturated carbocycles. The number of benzene rings is 2. The van der Waals surface area contributed by atoms with Crippen LogP contribution in [0, 0.1) is 0 Å². The molecule has 0 radical (unpaired) electrons. The van der Waals surface area contributed by atoms with Crippen molar-refractivity contribution in [2.75, 3.05) is 12.4 Å². The monoisotopic (exact) mass is 462 g/mol. The van der Waals surface area contributed by atoms with Crippen LogP contribution in [0.2, 0.25) is 0 Å². The Morgan fingerprint density at radius 2 is 1.66 bits per heavy atom. The van der Waals surface area contributed by atoms with Crippen LogP contribution in [0.25, 0.3) is 11.0 Å². The van der Waals surface area contributed by atoms with Crippen molar-refractivity contribution in [3.8, 4) is 5.88 Å². The Hall–Kier alpha value is -4.52. The van der Waals surface area contributed by atoms with Gasteiger partial charge in [-0.05, 0) is 12.0 Å². The quantitative estimate of drug-likeness (QED) is 0.307. The highest BCUT2D eigenvalue weighted by molar-refractivity contribution is 6.14. The number of aromatic nitrogens is 4. The van der Waals surface area contributed by atoms with E-state index in [1.807, 2.05) is 66.3 Å². The Bertz CT molecular complexity index is 1450. The van der Waals surface area contributed by atoms with Crippen LogP contribution in [0.4, 0.5) is 17.3 Å². The summed E-state index contributed by atoms with van der Waals surface area (Å²) in [4.78, 5) is 18.9. The summed E-state index contributed by atoms with van der Waals surface area (Å²) in [5, 5.41) is 3.46. The Labute approximate surface area is 204 Å². The average Bonchev–Trinajstić information content (AvgIpc) is 3.28. The average molecular weight is 463 g/mol. The summed E-state index contributed by atoms with van der Waals surface area (Å²) in [6.07, 6.45) is 4.43. The minimum atomic E-state index is 0.542. The highest BCUT2D eigenvalue weighted by Gasteiger charge is 2.15. The minimum absolute atomic E-state index is 0.542. The van der Waals surface area contributed by atoms with Gasteiger partial charge >= 0.3 is 0 Å². The van der Waals surface area contributed by atoms with Gasteiger partial charge in [-0.25, -0.2) is 19.9 Å². The van der Waals surface area contributed by atoms with Crippen LogP contribution < -0.4 is 10.1 Å². The molecule has 0 atom stereocenters. The Morgan fingerprint density at radius 3 is 2.29 bits per heavy atom. The third kappa shape index (κ3) is 4.61. The molecule has 7 nitrogen and oxygen atoms in total. The van der Waals surface area contributed by atoms with E-state index < -0.39 is 0 Å². The number of aryl methyl sites for hydroxylation is 2. The van der Waals surface area contributed by atoms with Crippen molar-refractivity contribution < 1.29 is 4.74 Å². The molecule has 0 fully saturated rings. The lowest BCUT2D eigenvalue weighted by molar-refractivity contribution is 0.398. The molecule has 35 heavy (non-hydrogen) atoms. The van der Waals surface area contributed by atoms with Gasteiger partial charge in [-0.3, -0.25) is 0 Å². The number of nitrogens with one attached hydrogen (secondary N) is 1. The van der Waals surface area contributed by atoms with Crippen LogP contribution in [0.15, 0.2) is 90.3 Å². The summed E-state index contributed by atoms with van der Waals surface area (Å²) in [5.41, 5.74) is 6.49. The van der Waals surface area contributed by atoms with Gasteiger partial charge in [0.05, 0.1) is 24.7 Å². The smallest absolute Gasteiger partial charge is 0.215 e. The highest BCUT2D eigenvalue weighted by Crippen LogP contribution is 2.30. The van der Waals surface area contributed by atoms with Gasteiger partial charge in [0, 0.05) is 42.2 Å². The number of imidazole rings is 1. The molecule has 0 aliphatic heterocycles. The fourth-order valence-electron chi connectivity index (χ4n) is 3.96. The second-order valence-electron chi connectivity index (χ2n) is 8.11. The van der Waals surface area contributed by atoms with Crippen molar-refractivity contribution in [1.29, 1.82) is 0 Å². The van der Waals surface area contributed by atoms with Gasteiger partial charge in [-0.2, -0.15) is 0 Å². The molecule has 0 unspecified atom stereocenters. The number of nitrogens with zero attached hydrogens (tertiary/aromatic N) is 5. The summed E-state index contributed by atoms with van der Waals surface area (Å²) in [6.45, 7) is 2.09. The topological polar surface area (TPSA) is 77.2 Å². The SMILES string of the molecule is CCc1cnc(OC)cc1Nc1cc2c(ncn2C)c(N=C(c2ccccc2)c2ccccc2)n1. The summed E-state index contributed by atoms with van der Waals surface area (Å²) in [6, 6.07) is 24.1. The number of anilines is 2. The molecular weight excluding hydrogens is 436 g/mol. The first-order chi connectivity index (χ1) is 17.2. The summed E-state index contributed by atoms with van der Waals surface area (Å²) >= 11 is 0. The lowest BCUT2D eigenvalue weighted by Crippen LogP contribution is -2.04. The van der Waals surface area contributed by atoms with Crippen molar-refractivity contribution in [3.63, 3.8) is 0 Å². The maximum Gasteiger partial charge on any atom is 0.215 e. The van der Waals surface area contributed by atoms with Gasteiger partial charge in [0.2, 0.25) is 5.88 Å². The second kappa shape index (κ2) is 9.77. The molecule has 0 aliphatic carbocycles. The second-order valence-corrected chi connectivity index (χ2v) is 8.11. The minimum Gasteiger partial charge on any atom is -0.481 e. The van der Waals surface area contributed by atoms with E-state index in [1.54, 1.807) is 13.4 Å². The van der Waals surface area contributed by atoms with Crippen molar-refractivity contribution in [1.82, 2.24) is 19.5 Å². The van der Waals surface area contributed by atoms with Gasteiger partial charge in [-0.15, -0.1) is 0 Å². The maximum absolute atomic E-state index is 5.34. The van der Waals surface area contributed by atoms with Crippen LogP contribution in [0.3, 0.4) is 0 Å². The van der Waals surface area contributed by atoms with E-state index in [2.05, 4.69) is 46.5 Å². The molecule has 3 heterocycles. The number of rotatable bonds is 7. The zero-order chi connectivity index (χ0) is 24.2. The predicted octanol–water partition coefficient (Wildman–Crippen LogP) is 5.85. The Kier molecular flexibility index (Phi) is 6.22. The molecule has 5 aromatic rings. The number of hydrogen-bond acceptors (Lipinski definition) is 6. The van der Waals surface area contributed by atoms with Gasteiger partial charge in [-0.1, -0.05) is 67.6 Å². The van der Waals surface area contributed by atoms with E-state index in [0.29, 0.717) is 17.5 Å². The molecule has 0 amide bonds. The zero-order valence-electron chi connectivity index (χ0n) is 19.9. The standard InChI is InChI=1S/C28H26N6O/c1-4-19-17-29-25(35-3)15-22(19)31-24-16-23-27(30-18-34(23)2)28(32-24)33-26(20-11-7-5-8-12-20)21-13-9-6-10-14-21/h5-18H,4H2,1-3H3,(H,29,31,32). The summed E-state index contributed by atoms with van der Waals surface area (Å²) < 4.78 is 7.31. The lowest BCUT2D eigenvalue weighted by atomic mass is 10.0. The number of fused-ring (bicyclic) bond motifs is 1. The first-order valence-electron chi connectivity index (χ1n) is 11.5. The summed E-state index contributed by atoms with van der Waals surface area (Å²) in [7, 11) is 3.58. The van der Waals surface area contributed by atoms with Crippen molar-refractivity contribution >= 4 is 34.1 Å². The van der Waals surface area contributed by atoms with Crippen molar-refractivity contribution in [3.05, 3.63) is 102 Å². The summed E-state index contributed by atoms with van der Waals surface area (Å²) in [5.74, 6) is 1.76. The van der Waals surface area contributed by atoms with E-state index >= 15 is 0 Å². The van der Waals surface area contributed by atoms with Crippen molar-refractivity contribution in [2.24, 2.45) is 12.0 Å². The van der Waals surface area contributed by atoms with E-state index in [0.717, 1.165) is 45.5 Å². The third-order valence-electron chi connectivity index (χ3n) is 5.82. The molecule has 1 N–H and O–H groups in total. The molecule has 2 aromatic carbocycles. The number of ether oxygens (including phenoxy) is 1. The van der Waals surface area contributed by atoms with Gasteiger partial charge in [0.1, 0.15) is 11.3 Å². The van der Waals surface area contributed by atoms with Crippen LogP contribution in [0.1, 0.15) is 23.6 Å². The predicted molar refractivity (Wildman–Crippen MR) is 140 cm³/mol. The van der Waals surface area contributed by atoms with E-state index in [-0.39, 0.29) is 0 Å². The molecule has 0 bridgehead atoms. The van der Waals surface area contributed by atoms with E-state index in [9.17, 15) is 0 Å². The van der Waals surface area contributed by atoms with Gasteiger partial charge in [0.15, 0.2) is 5.82 Å². The molecule has 3 aromatic heterocycles. The molecule has 0 aliphatic rings. The first kappa shape index (κ1) is 22.3. The van der Waals surface area contributed by atoms with Crippen LogP contribution in [0.5, 0.6) is 5.88 Å². The highest BCUT2D eigenvalue weighted by atomic mass is 16.5. The molecule has 0 saturated heterocycles. The zero-order valence-corrected chi connectivity index (χ0v) is 19.9. The molecule has 0 spiro atoms. The number of methoxy groups -OCH3 is 1. The molecular formula is C28H26N6O. The molecule has 7 heteroatoms. The van der Waals surface area contributed by atoms with Crippen LogP contribution in [-0.2, 0) is 13.5 Å². The molecule has 174 valence electrons. The van der Waals surface area contributed by atoms with Crippen LogP contribution >= 0.6 is 0 Å². The van der Waals surface area contributed by atoms with Crippen molar-refractivity contribution in [2.45, 2.75) is 13.3 Å². The maximum atomic E-state index is 5.34. The van der Waals surface area contributed by atoms with Gasteiger partial charge < -0.3 is 14.6 Å². The van der Waals surface area contributed by atoms with Crippen LogP contribution in [-0.4, -0.2) is 32.3 Å². The fraction of sp³-hybridized carbons (Fsp3) is 0.143. The lowest BCUT2D eigenvalue weighted by Gasteiger charge is -2.13. The number of pyridine rings is 2. The fourth-order valence-corrected chi connectivity index (χ4v) is 3.96. The normalized spacial score (nSPS) is 10.8. The Balaban J connectivity index is 1.67. The first-order valence-corrected chi connectivity index (χ1v) is 11.5. The number of hydrogen-bond donors (Lipinski definition) is 1. The number of aliphatic imine (C=N–C) groups is 1.